The summed E-state index contributed by atoms with van der Waals surface area (Å²) in [5.41, 5.74) is 12.2. The summed E-state index contributed by atoms with van der Waals surface area (Å²) in [4.78, 5) is 9.72. The van der Waals surface area contributed by atoms with Crippen LogP contribution in [0, 0.1) is 19.0 Å². The maximum Gasteiger partial charge on any atom is 0.121 e. The molecule has 0 fully saturated rings. The van der Waals surface area contributed by atoms with Gasteiger partial charge in [-0.15, -0.1) is 53.6 Å². The van der Waals surface area contributed by atoms with Crippen LogP contribution in [-0.4, -0.2) is 27.7 Å². The van der Waals surface area contributed by atoms with Crippen LogP contribution in [0.2, 0.25) is 19.6 Å². The predicted molar refractivity (Wildman–Crippen MR) is 258 cm³/mol. The Bertz CT molecular complexity index is 3020. The zero-order valence-electron chi connectivity index (χ0n) is 39.9. The Kier molecular flexibility index (Phi) is 11.6. The van der Waals surface area contributed by atoms with Crippen LogP contribution in [0.1, 0.15) is 79.7 Å². The minimum atomic E-state index is -2.08. The minimum Gasteiger partial charge on any atom is -0.501 e. The molecule has 1 radical (unpaired) electrons. The van der Waals surface area contributed by atoms with Gasteiger partial charge in [-0.3, -0.25) is 4.98 Å². The number of aromatic nitrogens is 3. The van der Waals surface area contributed by atoms with Gasteiger partial charge in [-0.05, 0) is 94.7 Å². The molecular weight excluding hydrogens is 955 g/mol. The van der Waals surface area contributed by atoms with Gasteiger partial charge in [0.15, 0.2) is 0 Å². The number of benzene rings is 6. The van der Waals surface area contributed by atoms with E-state index in [9.17, 15) is 5.11 Å². The fourth-order valence-corrected chi connectivity index (χ4v) is 8.94. The van der Waals surface area contributed by atoms with Crippen molar-refractivity contribution in [3.8, 4) is 39.5 Å². The number of fused-ring (bicyclic) bond motifs is 4. The summed E-state index contributed by atoms with van der Waals surface area (Å²) < 4.78 is 31.0. The maximum atomic E-state index is 10.7. The molecule has 0 spiro atoms. The van der Waals surface area contributed by atoms with Gasteiger partial charge in [-0.25, -0.2) is 0 Å². The molecule has 0 saturated carbocycles. The number of rotatable bonds is 8. The maximum absolute atomic E-state index is 10.7. The second-order valence-electron chi connectivity index (χ2n) is 18.1. The molecule has 3 heterocycles. The van der Waals surface area contributed by atoms with E-state index in [0.29, 0.717) is 5.56 Å². The van der Waals surface area contributed by atoms with Gasteiger partial charge in [-0.1, -0.05) is 132 Å². The number of nitrogens with zero attached hydrogens (tertiary/aromatic N) is 3. The number of aryl methyl sites for hydroxylation is 1. The molecule has 0 atom stereocenters. The number of para-hydroxylation sites is 2. The number of hydrogen-bond donors (Lipinski definition) is 1. The Hall–Kier alpha value is -5.43. The summed E-state index contributed by atoms with van der Waals surface area (Å²) >= 11 is 0. The standard InChI is InChI=1S/C40H37N2O2.C15H18NSi.Ir/c1-24(2)32-21-27(26-13-8-7-9-14-26)22-33(25(3)4)37(32)42-35-18-11-10-17-34(35)41-39(42)31-16-12-15-30-29-20-19-28(40(5,6)43)23-36(29)44-38(30)31;1-12-5-7-13(8-6-12)15-10-9-14(11-16-15)17(2,3)4;/h7-15,17-25,43H,1-6H3;5-7,9-11H,1-4H3;/q2*-1;/i;1D3;. The summed E-state index contributed by atoms with van der Waals surface area (Å²) in [5.74, 6) is 1.34. The number of hydrogen-bond acceptors (Lipinski definition) is 4. The summed E-state index contributed by atoms with van der Waals surface area (Å²) in [6.45, 7) is 17.4. The van der Waals surface area contributed by atoms with E-state index in [2.05, 4.69) is 142 Å². The largest absolute Gasteiger partial charge is 0.501 e. The first-order chi connectivity index (χ1) is 30.3. The molecule has 0 saturated heterocycles. The zero-order valence-corrected chi connectivity index (χ0v) is 40.3. The molecule has 0 aliphatic rings. The molecule has 7 heteroatoms. The van der Waals surface area contributed by atoms with E-state index >= 15 is 0 Å². The van der Waals surface area contributed by atoms with E-state index in [0.717, 1.165) is 61.2 Å². The Labute approximate surface area is 385 Å². The summed E-state index contributed by atoms with van der Waals surface area (Å²) in [7, 11) is -1.34. The topological polar surface area (TPSA) is 64.1 Å². The first-order valence-electron chi connectivity index (χ1n) is 22.6. The van der Waals surface area contributed by atoms with Crippen molar-refractivity contribution in [1.82, 2.24) is 14.5 Å². The van der Waals surface area contributed by atoms with Crippen LogP contribution in [0.25, 0.3) is 72.4 Å². The van der Waals surface area contributed by atoms with Crippen LogP contribution in [0.15, 0.2) is 138 Å². The molecule has 3 aromatic heterocycles. The molecule has 1 N–H and O–H groups in total. The van der Waals surface area contributed by atoms with Crippen molar-refractivity contribution < 1.29 is 33.7 Å². The smallest absolute Gasteiger partial charge is 0.121 e. The van der Waals surface area contributed by atoms with Gasteiger partial charge in [0.05, 0.1) is 36.1 Å². The van der Waals surface area contributed by atoms with Crippen molar-refractivity contribution in [3.05, 3.63) is 168 Å². The van der Waals surface area contributed by atoms with E-state index in [-0.39, 0.29) is 31.9 Å². The second kappa shape index (κ2) is 17.7. The van der Waals surface area contributed by atoms with E-state index in [1.807, 2.05) is 42.6 Å². The van der Waals surface area contributed by atoms with Crippen molar-refractivity contribution in [1.29, 1.82) is 0 Å². The van der Waals surface area contributed by atoms with E-state index in [4.69, 9.17) is 13.5 Å². The average Bonchev–Trinajstić information content (AvgIpc) is 3.84. The minimum absolute atomic E-state index is 0. The van der Waals surface area contributed by atoms with Gasteiger partial charge in [0.2, 0.25) is 0 Å². The Morgan fingerprint density at radius 3 is 2.10 bits per heavy atom. The Morgan fingerprint density at radius 1 is 0.774 bits per heavy atom. The molecule has 0 bridgehead atoms. The van der Waals surface area contributed by atoms with Gasteiger partial charge in [0, 0.05) is 41.5 Å². The van der Waals surface area contributed by atoms with Gasteiger partial charge >= 0.3 is 0 Å². The zero-order chi connectivity index (χ0) is 45.7. The monoisotopic (exact) mass is 1010 g/mol. The van der Waals surface area contributed by atoms with E-state index in [1.54, 1.807) is 26.0 Å². The number of imidazole rings is 1. The molecule has 0 unspecified atom stereocenters. The molecule has 0 aliphatic heterocycles. The molecular formula is C55H55IrN3O2Si-2. The van der Waals surface area contributed by atoms with Crippen LogP contribution < -0.4 is 5.19 Å². The second-order valence-corrected chi connectivity index (χ2v) is 23.2. The fourth-order valence-electron chi connectivity index (χ4n) is 7.91. The van der Waals surface area contributed by atoms with E-state index in [1.165, 1.54) is 39.2 Å². The van der Waals surface area contributed by atoms with Crippen molar-refractivity contribution in [3.63, 3.8) is 0 Å². The van der Waals surface area contributed by atoms with Crippen LogP contribution in [0.5, 0.6) is 0 Å². The van der Waals surface area contributed by atoms with Crippen molar-refractivity contribution in [2.75, 3.05) is 0 Å². The third kappa shape index (κ3) is 8.91. The third-order valence-corrected chi connectivity index (χ3v) is 13.4. The fraction of sp³-hybridized carbons (Fsp3) is 0.236. The quantitative estimate of drug-likeness (QED) is 0.122. The third-order valence-electron chi connectivity index (χ3n) is 11.4. The normalized spacial score (nSPS) is 12.9. The average molecular weight is 1010 g/mol. The van der Waals surface area contributed by atoms with Crippen LogP contribution in [0.4, 0.5) is 0 Å². The molecule has 62 heavy (non-hydrogen) atoms. The molecule has 0 aliphatic carbocycles. The Balaban J connectivity index is 0.000000253. The number of furan rings is 1. The van der Waals surface area contributed by atoms with Gasteiger partial charge in [-0.2, -0.15) is 0 Å². The van der Waals surface area contributed by atoms with Crippen LogP contribution in [-0.2, 0) is 25.7 Å². The molecule has 5 nitrogen and oxygen atoms in total. The van der Waals surface area contributed by atoms with Crippen molar-refractivity contribution >= 4 is 46.2 Å². The van der Waals surface area contributed by atoms with Crippen molar-refractivity contribution in [2.45, 2.75) is 85.5 Å². The van der Waals surface area contributed by atoms with Gasteiger partial charge in [0.25, 0.3) is 0 Å². The SMILES string of the molecule is CC(C)c1cc(-c2ccccc2)cc(C(C)C)c1-n1c(-c2[c-]ccc3c2oc2cc(C(C)(C)O)ccc23)nc2ccccc21.[2H]C([2H])([2H])c1c[c-]c(-c2ccc([Si](C)(C)C)cn2)cc1.[Ir]. The van der Waals surface area contributed by atoms with E-state index < -0.39 is 20.5 Å². The molecule has 9 aromatic rings. The Morgan fingerprint density at radius 2 is 1.48 bits per heavy atom. The summed E-state index contributed by atoms with van der Waals surface area (Å²) in [5, 5.41) is 14.0. The number of aliphatic hydroxyl groups is 1. The molecule has 0 amide bonds. The van der Waals surface area contributed by atoms with Gasteiger partial charge < -0.3 is 19.1 Å². The molecule has 317 valence electrons. The first-order valence-corrected chi connectivity index (χ1v) is 24.6. The van der Waals surface area contributed by atoms with Crippen LogP contribution >= 0.6 is 0 Å². The summed E-state index contributed by atoms with van der Waals surface area (Å²) in [6, 6.07) is 49.2. The molecule has 9 rings (SSSR count). The van der Waals surface area contributed by atoms with Crippen LogP contribution in [0.3, 0.4) is 0 Å². The van der Waals surface area contributed by atoms with Crippen molar-refractivity contribution in [2.24, 2.45) is 0 Å². The summed E-state index contributed by atoms with van der Waals surface area (Å²) in [6.07, 6.45) is 1.92. The van der Waals surface area contributed by atoms with Gasteiger partial charge in [0.1, 0.15) is 5.58 Å². The molecule has 6 aromatic carbocycles. The number of pyridine rings is 1. The first kappa shape index (κ1) is 40.6. The predicted octanol–water partition coefficient (Wildman–Crippen LogP) is 13.9.